The number of halogens is 1. The lowest BCUT2D eigenvalue weighted by Gasteiger charge is -2.29. The van der Waals surface area contributed by atoms with Gasteiger partial charge < -0.3 is 24.8 Å². The Hall–Kier alpha value is -4.53. The van der Waals surface area contributed by atoms with Crippen molar-refractivity contribution in [1.29, 1.82) is 0 Å². The van der Waals surface area contributed by atoms with Gasteiger partial charge in [-0.3, -0.25) is 14.3 Å². The third kappa shape index (κ3) is 3.92. The fourth-order valence-corrected chi connectivity index (χ4v) is 5.21. The number of para-hydroxylation sites is 1. The molecule has 0 saturated carbocycles. The van der Waals surface area contributed by atoms with Gasteiger partial charge in [0.2, 0.25) is 5.91 Å². The van der Waals surface area contributed by atoms with Crippen LogP contribution in [0.2, 0.25) is 0 Å². The van der Waals surface area contributed by atoms with E-state index in [9.17, 15) is 19.4 Å². The molecule has 1 aliphatic rings. The number of nitrogens with zero attached hydrogens (tertiary/aromatic N) is 3. The van der Waals surface area contributed by atoms with Crippen molar-refractivity contribution < 1.29 is 24.1 Å². The number of H-pyrrole nitrogens is 1. The van der Waals surface area contributed by atoms with Crippen molar-refractivity contribution in [3.63, 3.8) is 0 Å². The summed E-state index contributed by atoms with van der Waals surface area (Å²) in [6.07, 6.45) is 1.02. The molecule has 3 aromatic heterocycles. The first-order chi connectivity index (χ1) is 17.9. The molecule has 0 fully saturated rings. The van der Waals surface area contributed by atoms with E-state index in [1.165, 1.54) is 25.3 Å². The van der Waals surface area contributed by atoms with Gasteiger partial charge in [0.1, 0.15) is 6.54 Å². The van der Waals surface area contributed by atoms with E-state index in [0.29, 0.717) is 25.9 Å². The van der Waals surface area contributed by atoms with Gasteiger partial charge in [-0.2, -0.15) is 0 Å². The van der Waals surface area contributed by atoms with Crippen LogP contribution in [0.15, 0.2) is 54.6 Å². The van der Waals surface area contributed by atoms with Crippen LogP contribution in [0.5, 0.6) is 17.5 Å². The average Bonchev–Trinajstić information content (AvgIpc) is 3.44. The first-order valence-corrected chi connectivity index (χ1v) is 12.0. The molecule has 188 valence electrons. The minimum Gasteiger partial charge on any atom is -0.494 e. The van der Waals surface area contributed by atoms with Gasteiger partial charge in [-0.1, -0.05) is 24.3 Å². The van der Waals surface area contributed by atoms with Crippen LogP contribution in [0.25, 0.3) is 21.8 Å². The molecule has 37 heavy (non-hydrogen) atoms. The first-order valence-electron chi connectivity index (χ1n) is 12.0. The van der Waals surface area contributed by atoms with Crippen molar-refractivity contribution in [1.82, 2.24) is 19.4 Å². The van der Waals surface area contributed by atoms with Crippen LogP contribution >= 0.6 is 0 Å². The molecule has 8 nitrogen and oxygen atoms in total. The number of rotatable bonds is 5. The molecule has 0 spiro atoms. The van der Waals surface area contributed by atoms with E-state index in [1.807, 2.05) is 24.3 Å². The maximum absolute atomic E-state index is 14.4. The number of methoxy groups -OCH3 is 1. The minimum absolute atomic E-state index is 0.170. The molecule has 1 aliphatic heterocycles. The molecule has 0 bridgehead atoms. The molecule has 0 unspecified atom stereocenters. The van der Waals surface area contributed by atoms with Crippen molar-refractivity contribution in [2.45, 2.75) is 25.9 Å². The molecular weight excluding hydrogens is 475 g/mol. The summed E-state index contributed by atoms with van der Waals surface area (Å²) in [5.74, 6) is -0.815. The van der Waals surface area contributed by atoms with E-state index >= 15 is 0 Å². The normalized spacial score (nSPS) is 13.3. The number of aromatic nitrogens is 3. The van der Waals surface area contributed by atoms with Crippen molar-refractivity contribution in [3.8, 4) is 17.5 Å². The molecule has 0 saturated heterocycles. The monoisotopic (exact) mass is 500 g/mol. The maximum atomic E-state index is 14.4. The van der Waals surface area contributed by atoms with Crippen LogP contribution in [0.1, 0.15) is 22.5 Å². The molecule has 1 amide bonds. The Morgan fingerprint density at radius 1 is 1.14 bits per heavy atom. The van der Waals surface area contributed by atoms with Crippen molar-refractivity contribution in [3.05, 3.63) is 82.9 Å². The molecule has 0 radical (unpaired) electrons. The number of pyridine rings is 1. The van der Waals surface area contributed by atoms with E-state index in [2.05, 4.69) is 11.1 Å². The smallest absolute Gasteiger partial charge is 0.243 e. The van der Waals surface area contributed by atoms with Gasteiger partial charge in [-0.25, -0.2) is 4.39 Å². The first kappa shape index (κ1) is 22.9. The predicted molar refractivity (Wildman–Crippen MR) is 136 cm³/mol. The van der Waals surface area contributed by atoms with E-state index in [0.717, 1.165) is 48.9 Å². The topological polar surface area (TPSA) is 104 Å². The van der Waals surface area contributed by atoms with E-state index < -0.39 is 5.82 Å². The summed E-state index contributed by atoms with van der Waals surface area (Å²) in [5, 5.41) is 22.0. The number of carbonyl (C=O) groups excluding carboxylic acids is 1. The summed E-state index contributed by atoms with van der Waals surface area (Å²) >= 11 is 0. The molecule has 5 aromatic rings. The van der Waals surface area contributed by atoms with Crippen molar-refractivity contribution >= 4 is 27.7 Å². The molecule has 9 heteroatoms. The summed E-state index contributed by atoms with van der Waals surface area (Å²) in [6, 6.07) is 15.6. The molecule has 0 atom stereocenters. The summed E-state index contributed by atoms with van der Waals surface area (Å²) in [5.41, 5.74) is 5.32. The highest BCUT2D eigenvalue weighted by atomic mass is 19.1. The fourth-order valence-electron chi connectivity index (χ4n) is 5.21. The quantitative estimate of drug-likeness (QED) is 0.335. The van der Waals surface area contributed by atoms with Crippen molar-refractivity contribution in [2.75, 3.05) is 13.7 Å². The van der Waals surface area contributed by atoms with Crippen LogP contribution in [0.4, 0.5) is 4.39 Å². The number of aromatic amines is 1. The van der Waals surface area contributed by atoms with Crippen LogP contribution < -0.4 is 4.74 Å². The molecule has 4 heterocycles. The Bertz CT molecular complexity index is 1650. The van der Waals surface area contributed by atoms with Gasteiger partial charge in [-0.05, 0) is 35.7 Å². The third-order valence-electron chi connectivity index (χ3n) is 7.06. The van der Waals surface area contributed by atoms with Crippen molar-refractivity contribution in [2.24, 2.45) is 0 Å². The predicted octanol–water partition coefficient (Wildman–Crippen LogP) is 4.25. The largest absolute Gasteiger partial charge is 0.494 e. The van der Waals surface area contributed by atoms with E-state index in [1.54, 1.807) is 11.0 Å². The van der Waals surface area contributed by atoms with E-state index in [4.69, 9.17) is 9.72 Å². The Balaban J connectivity index is 1.40. The molecular formula is C28H25FN4O4. The number of fused-ring (bicyclic) bond motifs is 5. The second kappa shape index (κ2) is 8.85. The number of nitrogens with one attached hydrogen (secondary N) is 1. The minimum atomic E-state index is -0.431. The highest BCUT2D eigenvalue weighted by molar-refractivity contribution is 6.10. The molecule has 3 N–H and O–H groups in total. The lowest BCUT2D eigenvalue weighted by atomic mass is 9.96. The Morgan fingerprint density at radius 2 is 1.92 bits per heavy atom. The lowest BCUT2D eigenvalue weighted by Crippen LogP contribution is -2.38. The summed E-state index contributed by atoms with van der Waals surface area (Å²) in [7, 11) is 1.43. The Kier molecular flexibility index (Phi) is 5.48. The fraction of sp³-hybridized carbons (Fsp3) is 0.214. The van der Waals surface area contributed by atoms with Gasteiger partial charge >= 0.3 is 0 Å². The molecule has 0 aliphatic carbocycles. The maximum Gasteiger partial charge on any atom is 0.243 e. The van der Waals surface area contributed by atoms with Crippen LogP contribution in [-0.4, -0.2) is 49.2 Å². The highest BCUT2D eigenvalue weighted by Crippen LogP contribution is 2.35. The van der Waals surface area contributed by atoms with Gasteiger partial charge in [0.15, 0.2) is 23.3 Å². The molecule has 6 rings (SSSR count). The number of amides is 1. The summed E-state index contributed by atoms with van der Waals surface area (Å²) < 4.78 is 20.6. The van der Waals surface area contributed by atoms with Gasteiger partial charge in [0.25, 0.3) is 0 Å². The van der Waals surface area contributed by atoms with E-state index in [-0.39, 0.29) is 30.0 Å². The van der Waals surface area contributed by atoms with Crippen LogP contribution in [-0.2, 0) is 30.7 Å². The Morgan fingerprint density at radius 3 is 2.68 bits per heavy atom. The number of hydrogen-bond acceptors (Lipinski definition) is 5. The second-order valence-electron chi connectivity index (χ2n) is 9.25. The third-order valence-corrected chi connectivity index (χ3v) is 7.06. The second-order valence-corrected chi connectivity index (χ2v) is 9.25. The highest BCUT2D eigenvalue weighted by Gasteiger charge is 2.27. The summed E-state index contributed by atoms with van der Waals surface area (Å²) in [4.78, 5) is 23.3. The van der Waals surface area contributed by atoms with Gasteiger partial charge in [0, 0.05) is 41.4 Å². The summed E-state index contributed by atoms with van der Waals surface area (Å²) in [6.45, 7) is 0.623. The number of benzene rings is 2. The zero-order chi connectivity index (χ0) is 25.7. The zero-order valence-corrected chi connectivity index (χ0v) is 20.2. The van der Waals surface area contributed by atoms with Crippen LogP contribution in [0.3, 0.4) is 0 Å². The standard InChI is InChI=1S/C28H25FN4O4/c1-37-23-7-6-16(12-19(23)29)13-21-28-27(17-4-2-3-5-20(17)31-28)18-10-11-32(14-22(18)30-21)26(36)15-33-24(34)8-9-25(33)35/h2-9,12,31,34-35H,10-11,13-15H2,1H3. The van der Waals surface area contributed by atoms with Gasteiger partial charge in [0.05, 0.1) is 30.6 Å². The number of carbonyl (C=O) groups is 1. The Labute approximate surface area is 211 Å². The average molecular weight is 501 g/mol. The van der Waals surface area contributed by atoms with Crippen LogP contribution in [0, 0.1) is 5.82 Å². The number of aromatic hydroxyl groups is 2. The zero-order valence-electron chi connectivity index (χ0n) is 20.2. The lowest BCUT2D eigenvalue weighted by molar-refractivity contribution is -0.133. The molecule has 2 aromatic carbocycles. The SMILES string of the molecule is COc1ccc(Cc2nc3c(c4c2[nH]c2ccccc24)CCN(C(=O)Cn2c(O)ccc2O)C3)cc1F. The number of ether oxygens (including phenoxy) is 1. The number of hydrogen-bond donors (Lipinski definition) is 3. The van der Waals surface area contributed by atoms with Gasteiger partial charge in [-0.15, -0.1) is 0 Å².